The summed E-state index contributed by atoms with van der Waals surface area (Å²) >= 11 is 0. The zero-order chi connectivity index (χ0) is 12.1. The maximum Gasteiger partial charge on any atom is 0.335 e. The number of carbonyl (C=O) groups is 1. The first-order valence-electron chi connectivity index (χ1n) is 5.15. The van der Waals surface area contributed by atoms with E-state index in [9.17, 15) is 9.90 Å². The molecule has 4 heteroatoms. The molecule has 1 aromatic rings. The minimum atomic E-state index is -1.16. The summed E-state index contributed by atoms with van der Waals surface area (Å²) in [4.78, 5) is 11.3. The zero-order valence-corrected chi connectivity index (χ0v) is 9.38. The molecule has 0 aliphatic heterocycles. The van der Waals surface area contributed by atoms with Gasteiger partial charge >= 0.3 is 5.97 Å². The van der Waals surface area contributed by atoms with Crippen LogP contribution in [0.15, 0.2) is 24.3 Å². The van der Waals surface area contributed by atoms with E-state index in [0.29, 0.717) is 0 Å². The van der Waals surface area contributed by atoms with E-state index < -0.39 is 12.1 Å². The molecular formula is C12H16O4. The molecule has 0 aliphatic carbocycles. The normalized spacial score (nSPS) is 12.5. The molecule has 0 bridgehead atoms. The van der Waals surface area contributed by atoms with E-state index in [1.54, 1.807) is 26.0 Å². The Hall–Kier alpha value is -1.55. The summed E-state index contributed by atoms with van der Waals surface area (Å²) in [7, 11) is 0. The molecule has 0 aliphatic rings. The fourth-order valence-corrected chi connectivity index (χ4v) is 1.25. The van der Waals surface area contributed by atoms with Gasteiger partial charge < -0.3 is 14.9 Å². The van der Waals surface area contributed by atoms with E-state index in [0.717, 1.165) is 5.56 Å². The number of carbonyl (C=O) groups excluding carboxylic acids is 1. The number of phenolic OH excluding ortho intramolecular Hbond substituents is 1. The van der Waals surface area contributed by atoms with E-state index in [2.05, 4.69) is 0 Å². The fraction of sp³-hybridized carbons (Fsp3) is 0.417. The molecular weight excluding hydrogens is 208 g/mol. The second-order valence-electron chi connectivity index (χ2n) is 3.87. The third-order valence-corrected chi connectivity index (χ3v) is 1.99. The van der Waals surface area contributed by atoms with Gasteiger partial charge in [-0.1, -0.05) is 12.1 Å². The Balaban J connectivity index is 2.53. The quantitative estimate of drug-likeness (QED) is 0.755. The molecule has 16 heavy (non-hydrogen) atoms. The van der Waals surface area contributed by atoms with Crippen molar-refractivity contribution in [3.63, 3.8) is 0 Å². The largest absolute Gasteiger partial charge is 0.508 e. The van der Waals surface area contributed by atoms with Crippen molar-refractivity contribution in [2.45, 2.75) is 32.5 Å². The minimum absolute atomic E-state index is 0.156. The number of aromatic hydroxyl groups is 1. The molecule has 2 N–H and O–H groups in total. The number of benzene rings is 1. The van der Waals surface area contributed by atoms with Gasteiger partial charge in [-0.3, -0.25) is 0 Å². The van der Waals surface area contributed by atoms with Crippen molar-refractivity contribution in [2.75, 3.05) is 0 Å². The summed E-state index contributed by atoms with van der Waals surface area (Å²) in [5, 5.41) is 18.6. The molecule has 0 spiro atoms. The molecule has 0 heterocycles. The Bertz CT molecular complexity index is 343. The highest BCUT2D eigenvalue weighted by Crippen LogP contribution is 2.11. The Labute approximate surface area is 94.5 Å². The number of hydrogen-bond acceptors (Lipinski definition) is 4. The van der Waals surface area contributed by atoms with Gasteiger partial charge in [-0.15, -0.1) is 0 Å². The predicted octanol–water partition coefficient (Wildman–Crippen LogP) is 1.25. The van der Waals surface area contributed by atoms with Gasteiger partial charge in [0.1, 0.15) is 5.75 Å². The number of hydrogen-bond donors (Lipinski definition) is 2. The second kappa shape index (κ2) is 5.51. The van der Waals surface area contributed by atoms with E-state index in [4.69, 9.17) is 9.84 Å². The molecule has 1 atom stereocenters. The van der Waals surface area contributed by atoms with Crippen LogP contribution in [0, 0.1) is 0 Å². The third-order valence-electron chi connectivity index (χ3n) is 1.99. The second-order valence-corrected chi connectivity index (χ2v) is 3.87. The summed E-state index contributed by atoms with van der Waals surface area (Å²) in [6, 6.07) is 6.33. The van der Waals surface area contributed by atoms with Crippen molar-refractivity contribution >= 4 is 5.97 Å². The van der Waals surface area contributed by atoms with Crippen LogP contribution >= 0.6 is 0 Å². The van der Waals surface area contributed by atoms with Crippen molar-refractivity contribution in [1.82, 2.24) is 0 Å². The zero-order valence-electron chi connectivity index (χ0n) is 9.38. The van der Waals surface area contributed by atoms with E-state index in [-0.39, 0.29) is 18.3 Å². The molecule has 0 radical (unpaired) electrons. The molecule has 88 valence electrons. The molecule has 0 saturated heterocycles. The molecule has 4 nitrogen and oxygen atoms in total. The Kier molecular flexibility index (Phi) is 4.31. The molecule has 1 rings (SSSR count). The van der Waals surface area contributed by atoms with Crippen molar-refractivity contribution in [2.24, 2.45) is 0 Å². The van der Waals surface area contributed by atoms with Crippen molar-refractivity contribution in [1.29, 1.82) is 0 Å². The highest BCUT2D eigenvalue weighted by Gasteiger charge is 2.18. The van der Waals surface area contributed by atoms with Crippen molar-refractivity contribution in [3.8, 4) is 5.75 Å². The smallest absolute Gasteiger partial charge is 0.335 e. The lowest BCUT2D eigenvalue weighted by atomic mass is 10.1. The molecule has 0 aromatic heterocycles. The molecule has 0 fully saturated rings. The van der Waals surface area contributed by atoms with Crippen LogP contribution in [-0.4, -0.2) is 28.4 Å². The minimum Gasteiger partial charge on any atom is -0.508 e. The Morgan fingerprint density at radius 2 is 1.88 bits per heavy atom. The summed E-state index contributed by atoms with van der Waals surface area (Å²) in [6.45, 7) is 3.45. The van der Waals surface area contributed by atoms with Gasteiger partial charge in [0.25, 0.3) is 0 Å². The van der Waals surface area contributed by atoms with Crippen LogP contribution in [0.5, 0.6) is 5.75 Å². The van der Waals surface area contributed by atoms with Crippen molar-refractivity contribution in [3.05, 3.63) is 29.8 Å². The molecule has 0 unspecified atom stereocenters. The number of rotatable bonds is 4. The lowest BCUT2D eigenvalue weighted by Gasteiger charge is -2.12. The number of esters is 1. The standard InChI is InChI=1S/C12H16O4/c1-8(2)16-12(15)11(14)7-9-3-5-10(13)6-4-9/h3-6,8,11,13-14H,7H2,1-2H3/t11-/m0/s1. The van der Waals surface area contributed by atoms with Crippen LogP contribution < -0.4 is 0 Å². The molecule has 0 saturated carbocycles. The van der Waals surface area contributed by atoms with Crippen LogP contribution in [0.25, 0.3) is 0 Å². The summed E-state index contributed by atoms with van der Waals surface area (Å²) in [6.07, 6.45) is -1.21. The lowest BCUT2D eigenvalue weighted by Crippen LogP contribution is -2.27. The topological polar surface area (TPSA) is 66.8 Å². The van der Waals surface area contributed by atoms with Gasteiger partial charge in [-0.2, -0.15) is 0 Å². The van der Waals surface area contributed by atoms with Crippen LogP contribution in [0.3, 0.4) is 0 Å². The predicted molar refractivity (Wildman–Crippen MR) is 59.0 cm³/mol. The molecule has 0 amide bonds. The van der Waals surface area contributed by atoms with Gasteiger partial charge in [-0.05, 0) is 31.5 Å². The number of aliphatic hydroxyl groups is 1. The van der Waals surface area contributed by atoms with Gasteiger partial charge in [0, 0.05) is 6.42 Å². The third kappa shape index (κ3) is 3.90. The highest BCUT2D eigenvalue weighted by atomic mass is 16.6. The SMILES string of the molecule is CC(C)OC(=O)[C@@H](O)Cc1ccc(O)cc1. The van der Waals surface area contributed by atoms with E-state index in [1.807, 2.05) is 0 Å². The summed E-state index contributed by atoms with van der Waals surface area (Å²) < 4.78 is 4.87. The fourth-order valence-electron chi connectivity index (χ4n) is 1.25. The summed E-state index contributed by atoms with van der Waals surface area (Å²) in [5.74, 6) is -0.467. The van der Waals surface area contributed by atoms with Gasteiger partial charge in [0.15, 0.2) is 6.10 Å². The maximum absolute atomic E-state index is 11.3. The van der Waals surface area contributed by atoms with E-state index in [1.165, 1.54) is 12.1 Å². The average molecular weight is 224 g/mol. The van der Waals surface area contributed by atoms with Gasteiger partial charge in [0.2, 0.25) is 0 Å². The van der Waals surface area contributed by atoms with Crippen LogP contribution in [0.1, 0.15) is 19.4 Å². The van der Waals surface area contributed by atoms with Crippen LogP contribution in [0.2, 0.25) is 0 Å². The van der Waals surface area contributed by atoms with Gasteiger partial charge in [-0.25, -0.2) is 4.79 Å². The molecule has 1 aromatic carbocycles. The monoisotopic (exact) mass is 224 g/mol. The lowest BCUT2D eigenvalue weighted by molar-refractivity contribution is -0.157. The van der Waals surface area contributed by atoms with Crippen molar-refractivity contribution < 1.29 is 19.7 Å². The van der Waals surface area contributed by atoms with Gasteiger partial charge in [0.05, 0.1) is 6.10 Å². The highest BCUT2D eigenvalue weighted by molar-refractivity contribution is 5.74. The first-order valence-corrected chi connectivity index (χ1v) is 5.15. The summed E-state index contributed by atoms with van der Waals surface area (Å²) in [5.41, 5.74) is 0.769. The van der Waals surface area contributed by atoms with Crippen LogP contribution in [-0.2, 0) is 16.0 Å². The average Bonchev–Trinajstić information content (AvgIpc) is 2.20. The number of ether oxygens (including phenoxy) is 1. The van der Waals surface area contributed by atoms with E-state index >= 15 is 0 Å². The first kappa shape index (κ1) is 12.5. The maximum atomic E-state index is 11.3. The first-order chi connectivity index (χ1) is 7.49. The Morgan fingerprint density at radius 3 is 2.38 bits per heavy atom. The number of aliphatic hydroxyl groups excluding tert-OH is 1. The Morgan fingerprint density at radius 1 is 1.31 bits per heavy atom. The number of phenols is 1. The van der Waals surface area contributed by atoms with Crippen LogP contribution in [0.4, 0.5) is 0 Å².